The maximum atomic E-state index is 13.1. The van der Waals surface area contributed by atoms with Crippen molar-refractivity contribution in [2.24, 2.45) is 0 Å². The van der Waals surface area contributed by atoms with Gasteiger partial charge in [-0.15, -0.1) is 11.3 Å². The second-order valence-electron chi connectivity index (χ2n) is 7.86. The van der Waals surface area contributed by atoms with Crippen LogP contribution in [0.1, 0.15) is 43.7 Å². The number of hydrogen-bond donors (Lipinski definition) is 5. The van der Waals surface area contributed by atoms with Gasteiger partial charge >= 0.3 is 6.18 Å². The minimum Gasteiger partial charge on any atom is -0.368 e. The molecule has 1 unspecified atom stereocenters. The number of pyridine rings is 1. The second kappa shape index (κ2) is 12.0. The molecule has 0 radical (unpaired) electrons. The van der Waals surface area contributed by atoms with Crippen molar-refractivity contribution in [1.29, 1.82) is 0 Å². The van der Waals surface area contributed by atoms with Crippen molar-refractivity contribution >= 4 is 52.2 Å². The van der Waals surface area contributed by atoms with Crippen LogP contribution in [0, 0.1) is 0 Å². The number of halogens is 4. The Kier molecular flexibility index (Phi) is 8.55. The summed E-state index contributed by atoms with van der Waals surface area (Å²) in [5, 5.41) is 17.7. The molecule has 4 aromatic heterocycles. The van der Waals surface area contributed by atoms with E-state index < -0.39 is 34.6 Å². The SMILES string of the molecule is CC(NC(=O)c1cc(NCCNc2cc[nH]n2)ncn1)c1ncc(C(=O)Nc2cc(C(F)(F)F)c(Cl)cn2)s1. The molecule has 4 aromatic rings. The molecule has 0 saturated carbocycles. The van der Waals surface area contributed by atoms with Crippen LogP contribution >= 0.6 is 22.9 Å². The molecule has 0 aliphatic rings. The predicted octanol–water partition coefficient (Wildman–Crippen LogP) is 3.99. The topological polar surface area (TPSA) is 162 Å². The Labute approximate surface area is 227 Å². The maximum Gasteiger partial charge on any atom is 0.418 e. The van der Waals surface area contributed by atoms with Gasteiger partial charge in [-0.3, -0.25) is 14.7 Å². The zero-order chi connectivity index (χ0) is 28.0. The number of alkyl halides is 3. The van der Waals surface area contributed by atoms with Crippen molar-refractivity contribution in [3.8, 4) is 0 Å². The summed E-state index contributed by atoms with van der Waals surface area (Å²) in [5.74, 6) is -0.376. The van der Waals surface area contributed by atoms with Crippen LogP contribution in [0.5, 0.6) is 0 Å². The number of thiazole rings is 1. The first-order valence-corrected chi connectivity index (χ1v) is 12.4. The van der Waals surface area contributed by atoms with E-state index in [1.165, 1.54) is 18.6 Å². The van der Waals surface area contributed by atoms with Crippen LogP contribution in [-0.2, 0) is 6.18 Å². The van der Waals surface area contributed by atoms with Gasteiger partial charge in [-0.05, 0) is 19.1 Å². The quantitative estimate of drug-likeness (QED) is 0.175. The van der Waals surface area contributed by atoms with Crippen LogP contribution < -0.4 is 21.3 Å². The molecular formula is C22H20ClF3N10O2S. The lowest BCUT2D eigenvalue weighted by molar-refractivity contribution is -0.137. The zero-order valence-electron chi connectivity index (χ0n) is 20.0. The average molecular weight is 581 g/mol. The molecule has 0 aliphatic heterocycles. The standard InChI is InChI=1S/C22H20ClF3N10O2S/c1-11(34-19(37)14-7-17(32-10-31-14)28-5-4-27-16-2-3-33-36-16)21-30-9-15(39-21)20(38)35-18-6-12(22(24,25)26)13(23)8-29-18/h2-3,6-11H,4-5H2,1H3,(H,34,37)(H2,27,33,36)(H,28,31,32)(H,29,35,38). The summed E-state index contributed by atoms with van der Waals surface area (Å²) in [7, 11) is 0. The predicted molar refractivity (Wildman–Crippen MR) is 138 cm³/mol. The Morgan fingerprint density at radius 2 is 1.79 bits per heavy atom. The van der Waals surface area contributed by atoms with Crippen molar-refractivity contribution < 1.29 is 22.8 Å². The Bertz CT molecular complexity index is 1450. The third-order valence-electron chi connectivity index (χ3n) is 5.01. The van der Waals surface area contributed by atoms with Crippen molar-refractivity contribution in [3.63, 3.8) is 0 Å². The second-order valence-corrected chi connectivity index (χ2v) is 9.33. The van der Waals surface area contributed by atoms with Gasteiger partial charge in [-0.25, -0.2) is 19.9 Å². The Morgan fingerprint density at radius 3 is 2.51 bits per heavy atom. The molecule has 12 nitrogen and oxygen atoms in total. The van der Waals surface area contributed by atoms with Crippen molar-refractivity contribution in [3.05, 3.63) is 69.3 Å². The Morgan fingerprint density at radius 1 is 1.03 bits per heavy atom. The molecule has 204 valence electrons. The molecule has 5 N–H and O–H groups in total. The lowest BCUT2D eigenvalue weighted by Crippen LogP contribution is -2.27. The fourth-order valence-corrected chi connectivity index (χ4v) is 4.17. The molecule has 4 rings (SSSR count). The monoisotopic (exact) mass is 580 g/mol. The molecule has 0 bridgehead atoms. The average Bonchev–Trinajstić information content (AvgIpc) is 3.60. The molecule has 4 heterocycles. The third-order valence-corrected chi connectivity index (χ3v) is 6.49. The first-order valence-electron chi connectivity index (χ1n) is 11.2. The number of rotatable bonds is 10. The molecule has 1 atom stereocenters. The zero-order valence-corrected chi connectivity index (χ0v) is 21.6. The summed E-state index contributed by atoms with van der Waals surface area (Å²) in [5.41, 5.74) is -1.01. The number of nitrogens with one attached hydrogen (secondary N) is 5. The van der Waals surface area contributed by atoms with E-state index in [0.29, 0.717) is 35.8 Å². The number of anilines is 3. The molecule has 0 fully saturated rings. The third kappa shape index (κ3) is 7.38. The highest BCUT2D eigenvalue weighted by Gasteiger charge is 2.34. The largest absolute Gasteiger partial charge is 0.418 e. The number of carbonyl (C=O) groups excluding carboxylic acids is 2. The number of carbonyl (C=O) groups is 2. The number of aromatic nitrogens is 6. The summed E-state index contributed by atoms with van der Waals surface area (Å²) >= 11 is 6.52. The minimum absolute atomic E-state index is 0.105. The lowest BCUT2D eigenvalue weighted by Gasteiger charge is -2.12. The lowest BCUT2D eigenvalue weighted by atomic mass is 10.2. The van der Waals surface area contributed by atoms with Gasteiger partial charge in [0.15, 0.2) is 0 Å². The van der Waals surface area contributed by atoms with Crippen LogP contribution in [-0.4, -0.2) is 55.0 Å². The highest BCUT2D eigenvalue weighted by Crippen LogP contribution is 2.35. The van der Waals surface area contributed by atoms with Gasteiger partial charge in [0, 0.05) is 31.5 Å². The van der Waals surface area contributed by atoms with E-state index in [4.69, 9.17) is 11.6 Å². The summed E-state index contributed by atoms with van der Waals surface area (Å²) in [6.07, 6.45) is 0.305. The van der Waals surface area contributed by atoms with Gasteiger partial charge in [0.05, 0.1) is 22.8 Å². The van der Waals surface area contributed by atoms with Gasteiger partial charge in [0.1, 0.15) is 39.4 Å². The van der Waals surface area contributed by atoms with Crippen LogP contribution in [0.4, 0.5) is 30.6 Å². The van der Waals surface area contributed by atoms with Crippen LogP contribution in [0.2, 0.25) is 5.02 Å². The number of amides is 2. The molecule has 0 saturated heterocycles. The van der Waals surface area contributed by atoms with Gasteiger partial charge in [-0.1, -0.05) is 11.6 Å². The highest BCUT2D eigenvalue weighted by molar-refractivity contribution is 7.13. The number of H-pyrrole nitrogens is 1. The molecule has 0 aromatic carbocycles. The summed E-state index contributed by atoms with van der Waals surface area (Å²) < 4.78 is 39.2. The van der Waals surface area contributed by atoms with Gasteiger partial charge < -0.3 is 21.3 Å². The van der Waals surface area contributed by atoms with E-state index in [1.54, 1.807) is 19.2 Å². The van der Waals surface area contributed by atoms with Gasteiger partial charge in [-0.2, -0.15) is 18.3 Å². The summed E-state index contributed by atoms with van der Waals surface area (Å²) in [6, 6.07) is 3.33. The van der Waals surface area contributed by atoms with E-state index >= 15 is 0 Å². The van der Waals surface area contributed by atoms with Crippen LogP contribution in [0.3, 0.4) is 0 Å². The fraction of sp³-hybridized carbons (Fsp3) is 0.227. The fourth-order valence-electron chi connectivity index (χ4n) is 3.15. The van der Waals surface area contributed by atoms with Gasteiger partial charge in [0.25, 0.3) is 11.8 Å². The Hall–Kier alpha value is -4.31. The molecule has 17 heteroatoms. The van der Waals surface area contributed by atoms with E-state index in [0.717, 1.165) is 17.5 Å². The van der Waals surface area contributed by atoms with Crippen LogP contribution in [0.25, 0.3) is 0 Å². The number of nitrogens with zero attached hydrogens (tertiary/aromatic N) is 5. The van der Waals surface area contributed by atoms with E-state index in [-0.39, 0.29) is 16.4 Å². The first-order chi connectivity index (χ1) is 18.6. The van der Waals surface area contributed by atoms with E-state index in [1.807, 2.05) is 0 Å². The summed E-state index contributed by atoms with van der Waals surface area (Å²) in [6.45, 7) is 2.73. The van der Waals surface area contributed by atoms with E-state index in [9.17, 15) is 22.8 Å². The van der Waals surface area contributed by atoms with Crippen molar-refractivity contribution in [1.82, 2.24) is 35.5 Å². The van der Waals surface area contributed by atoms with Crippen molar-refractivity contribution in [2.45, 2.75) is 19.1 Å². The molecule has 2 amide bonds. The van der Waals surface area contributed by atoms with Crippen molar-refractivity contribution in [2.75, 3.05) is 29.0 Å². The molecular weight excluding hydrogens is 561 g/mol. The number of hydrogen-bond acceptors (Lipinski definition) is 10. The molecule has 39 heavy (non-hydrogen) atoms. The molecule has 0 aliphatic carbocycles. The highest BCUT2D eigenvalue weighted by atomic mass is 35.5. The summed E-state index contributed by atoms with van der Waals surface area (Å²) in [4.78, 5) is 41.3. The number of aromatic amines is 1. The Balaban J connectivity index is 1.32. The maximum absolute atomic E-state index is 13.1. The normalized spacial score (nSPS) is 12.0. The molecule has 0 spiro atoms. The minimum atomic E-state index is -4.71. The smallest absolute Gasteiger partial charge is 0.368 e. The van der Waals surface area contributed by atoms with Crippen LogP contribution in [0.15, 0.2) is 43.1 Å². The van der Waals surface area contributed by atoms with E-state index in [2.05, 4.69) is 51.4 Å². The first kappa shape index (κ1) is 27.7. The van der Waals surface area contributed by atoms with Gasteiger partial charge in [0.2, 0.25) is 0 Å².